The van der Waals surface area contributed by atoms with Crippen LogP contribution in [0.3, 0.4) is 0 Å². The molecule has 0 unspecified atom stereocenters. The zero-order chi connectivity index (χ0) is 44.6. The van der Waals surface area contributed by atoms with Crippen molar-refractivity contribution in [2.45, 2.75) is 91.3 Å². The number of halogens is 1. The van der Waals surface area contributed by atoms with E-state index in [2.05, 4.69) is 30.7 Å². The van der Waals surface area contributed by atoms with Gasteiger partial charge in [-0.3, -0.25) is 14.6 Å². The fourth-order valence-corrected chi connectivity index (χ4v) is 7.69. The maximum Gasteiger partial charge on any atom is 0.177 e. The summed E-state index contributed by atoms with van der Waals surface area (Å²) in [6.45, 7) is 11.6. The molecule has 0 bridgehead atoms. The second-order valence-corrected chi connectivity index (χ2v) is 18.7. The number of Topliss-reactive ketones (excluding diaryl/α,β-unsaturated/α-hetero) is 2. The highest BCUT2D eigenvalue weighted by Gasteiger charge is 2.27. The van der Waals surface area contributed by atoms with E-state index < -0.39 is 11.2 Å². The van der Waals surface area contributed by atoms with Crippen LogP contribution in [0.2, 0.25) is 5.15 Å². The maximum atomic E-state index is 12.7. The molecule has 2 aliphatic carbocycles. The molecule has 2 fully saturated rings. The van der Waals surface area contributed by atoms with Crippen molar-refractivity contribution in [2.75, 3.05) is 23.7 Å². The summed E-state index contributed by atoms with van der Waals surface area (Å²) in [6.07, 6.45) is 13.0. The summed E-state index contributed by atoms with van der Waals surface area (Å²) in [6, 6.07) is 19.2. The number of hydrogen-bond acceptors (Lipinski definition) is 11. The summed E-state index contributed by atoms with van der Waals surface area (Å²) < 4.78 is 3.51. The van der Waals surface area contributed by atoms with Crippen molar-refractivity contribution in [2.24, 2.45) is 11.8 Å². The van der Waals surface area contributed by atoms with Gasteiger partial charge < -0.3 is 20.8 Å². The highest BCUT2D eigenvalue weighted by molar-refractivity contribution is 6.29. The number of rotatable bonds is 15. The van der Waals surface area contributed by atoms with Gasteiger partial charge in [0.2, 0.25) is 0 Å². The Kier molecular flexibility index (Phi) is 12.2. The van der Waals surface area contributed by atoms with Crippen LogP contribution in [0.15, 0.2) is 85.5 Å². The van der Waals surface area contributed by atoms with Gasteiger partial charge in [-0.2, -0.15) is 10.2 Å². The first-order chi connectivity index (χ1) is 30.0. The predicted octanol–water partition coefficient (Wildman–Crippen LogP) is 9.46. The van der Waals surface area contributed by atoms with Crippen molar-refractivity contribution in [3.05, 3.63) is 113 Å². The van der Waals surface area contributed by atoms with Crippen LogP contribution in [0.25, 0.3) is 45.1 Å². The standard InChI is InChI=1S/C27H29N5O2.C22H25ClN4O2/c1-17-12-20(6-7-21(17)25(33)13-18-4-5-18)24-15-29-26-23(30-16-27(2,3)34)14-22(31-32(24)26)19-8-10-28-11-9-19;1-13-8-15(6-7-16(13)19(28)9-14-4-5-14)18-11-24-21-17(25-12-22(2,3)29)10-20(23)26-27(18)21/h6-12,14-15,18,30,34H,4-5,13,16H2,1-3H3;6-8,10-11,14,25,29H,4-5,9,12H2,1-3H3. The average molecular weight is 868 g/mol. The molecule has 0 amide bonds. The number of aromatic nitrogens is 7. The van der Waals surface area contributed by atoms with Crippen molar-refractivity contribution in [1.82, 2.24) is 34.2 Å². The van der Waals surface area contributed by atoms with Gasteiger partial charge in [0.25, 0.3) is 0 Å². The molecule has 0 atom stereocenters. The number of carbonyl (C=O) groups excluding carboxylic acids is 2. The molecule has 63 heavy (non-hydrogen) atoms. The summed E-state index contributed by atoms with van der Waals surface area (Å²) >= 11 is 6.24. The van der Waals surface area contributed by atoms with Gasteiger partial charge in [-0.1, -0.05) is 35.9 Å². The molecule has 0 saturated heterocycles. The molecule has 14 heteroatoms. The fourth-order valence-electron chi connectivity index (χ4n) is 7.51. The molecule has 326 valence electrons. The van der Waals surface area contributed by atoms with Crippen LogP contribution >= 0.6 is 11.6 Å². The van der Waals surface area contributed by atoms with Crippen molar-refractivity contribution in [3.8, 4) is 33.8 Å². The highest BCUT2D eigenvalue weighted by atomic mass is 35.5. The Morgan fingerprint density at radius 3 is 1.57 bits per heavy atom. The average Bonchev–Trinajstić information content (AvgIpc) is 4.15. The van der Waals surface area contributed by atoms with Crippen LogP contribution < -0.4 is 10.6 Å². The topological polar surface area (TPSA) is 172 Å². The number of anilines is 2. The van der Waals surface area contributed by atoms with E-state index in [-0.39, 0.29) is 11.6 Å². The van der Waals surface area contributed by atoms with Gasteiger partial charge in [-0.05, 0) is 121 Å². The molecule has 2 saturated carbocycles. The SMILES string of the molecule is Cc1cc(-c2cnc3c(NCC(C)(C)O)cc(-c4ccncc4)nn23)ccc1C(=O)CC1CC1.Cc1cc(-c2cnc3c(NCC(C)(C)O)cc(Cl)nn23)ccc1C(=O)CC1CC1. The fraction of sp³-hybridized carbons (Fsp3) is 0.367. The molecule has 2 aliphatic rings. The van der Waals surface area contributed by atoms with Crippen LogP contribution in [-0.2, 0) is 0 Å². The van der Waals surface area contributed by atoms with Gasteiger partial charge in [0.15, 0.2) is 28.0 Å². The first kappa shape index (κ1) is 43.6. The quantitative estimate of drug-likeness (QED) is 0.0724. The van der Waals surface area contributed by atoms with Gasteiger partial charge in [-0.25, -0.2) is 19.0 Å². The molecule has 7 aromatic rings. The van der Waals surface area contributed by atoms with Crippen LogP contribution in [0.4, 0.5) is 11.4 Å². The molecule has 9 rings (SSSR count). The van der Waals surface area contributed by atoms with E-state index >= 15 is 0 Å². The lowest BCUT2D eigenvalue weighted by molar-refractivity contribution is 0.0939. The molecule has 5 aromatic heterocycles. The van der Waals surface area contributed by atoms with Gasteiger partial charge in [0.05, 0.1) is 52.1 Å². The number of ketones is 2. The van der Waals surface area contributed by atoms with Gasteiger partial charge >= 0.3 is 0 Å². The van der Waals surface area contributed by atoms with Crippen molar-refractivity contribution in [3.63, 3.8) is 0 Å². The zero-order valence-electron chi connectivity index (χ0n) is 36.6. The summed E-state index contributed by atoms with van der Waals surface area (Å²) in [5.74, 6) is 1.58. The Hall–Kier alpha value is -6.02. The number of imidazole rings is 2. The lowest BCUT2D eigenvalue weighted by atomic mass is 9.98. The molecule has 2 aromatic carbocycles. The third-order valence-corrected chi connectivity index (χ3v) is 11.5. The molecule has 0 aliphatic heterocycles. The Balaban J connectivity index is 0.000000175. The second kappa shape index (κ2) is 17.6. The Morgan fingerprint density at radius 1 is 0.667 bits per heavy atom. The van der Waals surface area contributed by atoms with E-state index in [4.69, 9.17) is 16.7 Å². The zero-order valence-corrected chi connectivity index (χ0v) is 37.4. The van der Waals surface area contributed by atoms with Crippen molar-refractivity contribution >= 4 is 45.8 Å². The van der Waals surface area contributed by atoms with Gasteiger partial charge in [-0.15, -0.1) is 0 Å². The smallest absolute Gasteiger partial charge is 0.177 e. The van der Waals surface area contributed by atoms with Crippen molar-refractivity contribution in [1.29, 1.82) is 0 Å². The van der Waals surface area contributed by atoms with Crippen LogP contribution in [-0.4, -0.2) is 80.3 Å². The molecule has 0 radical (unpaired) electrons. The third kappa shape index (κ3) is 10.6. The summed E-state index contributed by atoms with van der Waals surface area (Å²) in [5, 5.41) is 36.4. The van der Waals surface area contributed by atoms with E-state index in [1.54, 1.807) is 63.1 Å². The van der Waals surface area contributed by atoms with E-state index in [0.29, 0.717) is 59.9 Å². The number of fused-ring (bicyclic) bond motifs is 2. The number of carbonyl (C=O) groups is 2. The minimum absolute atomic E-state index is 0.217. The van der Waals surface area contributed by atoms with Gasteiger partial charge in [0, 0.05) is 72.2 Å². The number of aryl methyl sites for hydroxylation is 2. The number of aliphatic hydroxyl groups is 2. The minimum Gasteiger partial charge on any atom is -0.389 e. The lowest BCUT2D eigenvalue weighted by Gasteiger charge is -2.19. The normalized spacial score (nSPS) is 14.1. The predicted molar refractivity (Wildman–Crippen MR) is 247 cm³/mol. The number of nitrogens with one attached hydrogen (secondary N) is 2. The van der Waals surface area contributed by atoms with E-state index in [1.165, 1.54) is 25.7 Å². The first-order valence-electron chi connectivity index (χ1n) is 21.5. The Morgan fingerprint density at radius 2 is 1.13 bits per heavy atom. The molecule has 0 spiro atoms. The van der Waals surface area contributed by atoms with Crippen LogP contribution in [0.5, 0.6) is 0 Å². The number of hydrogen-bond donors (Lipinski definition) is 4. The first-order valence-corrected chi connectivity index (χ1v) is 21.9. The van der Waals surface area contributed by atoms with E-state index in [1.807, 2.05) is 73.0 Å². The molecule has 4 N–H and O–H groups in total. The molecule has 5 heterocycles. The summed E-state index contributed by atoms with van der Waals surface area (Å²) in [5.41, 5.74) is 9.69. The minimum atomic E-state index is -0.882. The maximum absolute atomic E-state index is 12.7. The van der Waals surface area contributed by atoms with E-state index in [0.717, 1.165) is 61.7 Å². The third-order valence-electron chi connectivity index (χ3n) is 11.3. The number of pyridine rings is 1. The Labute approximate surface area is 372 Å². The molecule has 13 nitrogen and oxygen atoms in total. The largest absolute Gasteiger partial charge is 0.389 e. The summed E-state index contributed by atoms with van der Waals surface area (Å²) in [7, 11) is 0. The lowest BCUT2D eigenvalue weighted by Crippen LogP contribution is -2.29. The number of benzene rings is 2. The monoisotopic (exact) mass is 867 g/mol. The van der Waals surface area contributed by atoms with E-state index in [9.17, 15) is 19.8 Å². The second-order valence-electron chi connectivity index (χ2n) is 18.4. The molecular weight excluding hydrogens is 814 g/mol. The van der Waals surface area contributed by atoms with Crippen molar-refractivity contribution < 1.29 is 19.8 Å². The molecular formula is C49H54ClN9O4. The summed E-state index contributed by atoms with van der Waals surface area (Å²) in [4.78, 5) is 38.4. The van der Waals surface area contributed by atoms with Crippen LogP contribution in [0.1, 0.15) is 98.1 Å². The number of nitrogens with zero attached hydrogens (tertiary/aromatic N) is 7. The highest BCUT2D eigenvalue weighted by Crippen LogP contribution is 2.36. The van der Waals surface area contributed by atoms with Crippen LogP contribution in [0, 0.1) is 25.7 Å². The Bertz CT molecular complexity index is 2810. The van der Waals surface area contributed by atoms with Gasteiger partial charge in [0.1, 0.15) is 0 Å².